The third-order valence-electron chi connectivity index (χ3n) is 0.512. The van der Waals surface area contributed by atoms with E-state index in [1.54, 1.807) is 0 Å². The molecule has 0 radical (unpaired) electrons. The molecule has 7 heteroatoms. The molecule has 0 bridgehead atoms. The molecule has 0 saturated carbocycles. The van der Waals surface area contributed by atoms with Crippen molar-refractivity contribution in [3.63, 3.8) is 0 Å². The third kappa shape index (κ3) is 73.5. The van der Waals surface area contributed by atoms with Gasteiger partial charge in [0, 0.05) is 27.7 Å². The normalized spacial score (nSPS) is 3.82. The summed E-state index contributed by atoms with van der Waals surface area (Å²) in [6, 6.07) is 0. The summed E-state index contributed by atoms with van der Waals surface area (Å²) in [6.45, 7) is 2.40. The topological polar surface area (TPSA) is 20.2 Å². The second kappa shape index (κ2) is 57.3. The van der Waals surface area contributed by atoms with Crippen LogP contribution < -0.4 is 62.0 Å². The van der Waals surface area contributed by atoms with Crippen LogP contribution in [-0.2, 0) is 21.1 Å². The van der Waals surface area contributed by atoms with E-state index in [1.807, 2.05) is 0 Å². The molecule has 0 aliphatic heterocycles. The van der Waals surface area contributed by atoms with Crippen LogP contribution in [0.5, 0.6) is 0 Å². The van der Waals surface area contributed by atoms with Gasteiger partial charge < -0.3 is 67.1 Å². The maximum atomic E-state index is 8.07. The molecule has 1 N–H and O–H groups in total. The molecule has 0 heterocycles. The Balaban J connectivity index is -0.00000000533. The van der Waals surface area contributed by atoms with E-state index in [-0.39, 0.29) is 83.1 Å². The van der Waals surface area contributed by atoms with E-state index in [9.17, 15) is 0 Å². The van der Waals surface area contributed by atoms with Gasteiger partial charge in [-0.25, -0.2) is 0 Å². The van der Waals surface area contributed by atoms with Gasteiger partial charge in [0.1, 0.15) is 0 Å². The average Bonchev–Trinajstić information content (AvgIpc) is 1.41. The van der Waals surface area contributed by atoms with Gasteiger partial charge in [0.15, 0.2) is 0 Å². The Morgan fingerprint density at radius 3 is 1.18 bits per heavy atom. The van der Waals surface area contributed by atoms with Crippen molar-refractivity contribution in [1.82, 2.24) is 0 Å². The van der Waals surface area contributed by atoms with Crippen molar-refractivity contribution in [2.24, 2.45) is 0 Å². The van der Waals surface area contributed by atoms with Crippen LogP contribution in [-0.4, -0.2) is 11.7 Å². The fourth-order valence-corrected chi connectivity index (χ4v) is 0.158. The van der Waals surface area contributed by atoms with Crippen LogP contribution in [0, 0.1) is 0 Å². The van der Waals surface area contributed by atoms with Crippen molar-refractivity contribution in [3.8, 4) is 0 Å². The van der Waals surface area contributed by atoms with Crippen LogP contribution in [0.4, 0.5) is 0 Å². The van der Waals surface area contributed by atoms with Gasteiger partial charge in [-0.1, -0.05) is 13.3 Å². The fourth-order valence-electron chi connectivity index (χ4n) is 0.158. The molecule has 0 atom stereocenters. The molecule has 0 aromatic heterocycles. The number of aliphatic hydroxyl groups is 1. The Kier molecular flexibility index (Phi) is 269. The Labute approximate surface area is 114 Å². The van der Waals surface area contributed by atoms with E-state index in [0.29, 0.717) is 6.61 Å². The van der Waals surface area contributed by atoms with Crippen LogP contribution in [0.1, 0.15) is 19.8 Å². The molecule has 0 rings (SSSR count). The van der Waals surface area contributed by atoms with Crippen LogP contribution in [0.2, 0.25) is 0 Å². The van der Waals surface area contributed by atoms with Gasteiger partial charge in [-0.3, -0.25) is 0 Å². The zero-order chi connectivity index (χ0) is 4.12. The number of aliphatic hydroxyl groups excluding tert-OH is 1. The molecule has 0 saturated heterocycles. The predicted octanol–water partition coefficient (Wildman–Crippen LogP) is -14.2. The number of hydrogen-bond donors (Lipinski definition) is 1. The number of rotatable bonds is 2. The first-order valence-corrected chi connectivity index (χ1v) is 2.02. The summed E-state index contributed by atoms with van der Waals surface area (Å²) in [4.78, 5) is 0. The first kappa shape index (κ1) is 51.6. The zero-order valence-corrected chi connectivity index (χ0v) is 11.7. The summed E-state index contributed by atoms with van der Waals surface area (Å²) in [5.41, 5.74) is 0. The van der Waals surface area contributed by atoms with E-state index in [0.717, 1.165) is 12.8 Å². The zero-order valence-electron chi connectivity index (χ0n) is 5.87. The Morgan fingerprint density at radius 1 is 0.909 bits per heavy atom. The minimum atomic E-state index is 0. The minimum absolute atomic E-state index is 0. The van der Waals surface area contributed by atoms with Crippen LogP contribution >= 0.6 is 0 Å². The molecule has 1 nitrogen and oxygen atoms in total. The van der Waals surface area contributed by atoms with E-state index < -0.39 is 0 Å². The quantitative estimate of drug-likeness (QED) is 0.492. The Morgan fingerprint density at radius 2 is 1.18 bits per heavy atom. The first-order chi connectivity index (χ1) is 2.41. The number of hydrogen-bond acceptors (Lipinski definition) is 1. The molecule has 11 heavy (non-hydrogen) atoms. The maximum absolute atomic E-state index is 8.07. The molecular weight excluding hydrogens is 337 g/mol. The summed E-state index contributed by atoms with van der Waals surface area (Å²) in [7, 11) is 0. The summed E-state index contributed by atoms with van der Waals surface area (Å²) >= 11 is 0. The van der Waals surface area contributed by atoms with Crippen molar-refractivity contribution >= 4 is 0 Å². The molecule has 0 unspecified atom stereocenters. The fraction of sp³-hybridized carbons (Fsp3) is 1.00. The summed E-state index contributed by atoms with van der Waals surface area (Å²) < 4.78 is 0. The van der Waals surface area contributed by atoms with E-state index in [4.69, 9.17) is 5.11 Å². The first-order valence-electron chi connectivity index (χ1n) is 2.02. The largest absolute Gasteiger partial charge is 1.00 e. The molecule has 0 amide bonds. The minimum Gasteiger partial charge on any atom is -1.00 e. The van der Waals surface area contributed by atoms with E-state index in [1.165, 1.54) is 0 Å². The van der Waals surface area contributed by atoms with Crippen molar-refractivity contribution in [2.75, 3.05) is 6.61 Å². The third-order valence-corrected chi connectivity index (χ3v) is 0.512. The molecule has 0 aliphatic rings. The average molecular weight is 347 g/mol. The number of halogens is 5. The Hall–Kier alpha value is 2.10. The monoisotopic (exact) mass is 347 g/mol. The maximum Gasteiger partial charge on any atom is 0.0430 e. The van der Waals surface area contributed by atoms with Gasteiger partial charge in [-0.15, -0.1) is 0 Å². The second-order valence-electron chi connectivity index (χ2n) is 1.08. The second-order valence-corrected chi connectivity index (χ2v) is 1.08. The summed E-state index contributed by atoms with van der Waals surface area (Å²) in [5.74, 6) is 0. The van der Waals surface area contributed by atoms with Gasteiger partial charge >= 0.3 is 0 Å². The summed E-state index contributed by atoms with van der Waals surface area (Å²) in [5, 5.41) is 8.07. The molecule has 0 fully saturated rings. The molecule has 0 aliphatic carbocycles. The van der Waals surface area contributed by atoms with E-state index in [2.05, 4.69) is 6.92 Å². The van der Waals surface area contributed by atoms with Gasteiger partial charge in [0.25, 0.3) is 0 Å². The molecular formula is C4H10Cl5MoO-5. The van der Waals surface area contributed by atoms with Gasteiger partial charge in [-0.2, -0.15) is 0 Å². The van der Waals surface area contributed by atoms with Gasteiger partial charge in [0.2, 0.25) is 0 Å². The number of unbranched alkanes of at least 4 members (excludes halogenated alkanes) is 1. The van der Waals surface area contributed by atoms with Crippen molar-refractivity contribution in [3.05, 3.63) is 0 Å². The van der Waals surface area contributed by atoms with Gasteiger partial charge in [0.05, 0.1) is 0 Å². The van der Waals surface area contributed by atoms with Crippen molar-refractivity contribution in [2.45, 2.75) is 19.8 Å². The summed E-state index contributed by atoms with van der Waals surface area (Å²) in [6.07, 6.45) is 2.04. The predicted molar refractivity (Wildman–Crippen MR) is 22.0 cm³/mol. The molecule has 0 aromatic carbocycles. The van der Waals surface area contributed by atoms with Gasteiger partial charge in [-0.05, 0) is 6.42 Å². The molecule has 0 aromatic rings. The van der Waals surface area contributed by atoms with Crippen molar-refractivity contribution in [1.29, 1.82) is 0 Å². The smallest absolute Gasteiger partial charge is 0.0430 e. The molecule has 78 valence electrons. The van der Waals surface area contributed by atoms with Crippen LogP contribution in [0.15, 0.2) is 0 Å². The van der Waals surface area contributed by atoms with Crippen LogP contribution in [0.25, 0.3) is 0 Å². The van der Waals surface area contributed by atoms with E-state index >= 15 is 0 Å². The standard InChI is InChI=1S/C4H10O.5ClH.Mo/c1-2-3-4-5;;;;;;/h5H,2-4H2,1H3;5*1H;/p-5. The molecule has 0 spiro atoms. The Bertz CT molecular complexity index is 26.0. The van der Waals surface area contributed by atoms with Crippen molar-refractivity contribution < 1.29 is 88.2 Å². The SMILES string of the molecule is CCCCO.[Cl-].[Cl-].[Cl-].[Cl-].[Cl-].[Mo]. The van der Waals surface area contributed by atoms with Crippen LogP contribution in [0.3, 0.4) is 0 Å².